The lowest BCUT2D eigenvalue weighted by Crippen LogP contribution is -1.81. The van der Waals surface area contributed by atoms with Crippen molar-refractivity contribution in [1.82, 2.24) is 0 Å². The van der Waals surface area contributed by atoms with Crippen molar-refractivity contribution < 1.29 is 0 Å². The molecule has 0 unspecified atom stereocenters. The van der Waals surface area contributed by atoms with Gasteiger partial charge in [-0.1, -0.05) is 96.6 Å². The van der Waals surface area contributed by atoms with Crippen LogP contribution in [0.2, 0.25) is 0 Å². The Morgan fingerprint density at radius 1 is 0.667 bits per heavy atom. The molecule has 1 aliphatic carbocycles. The quantitative estimate of drug-likeness (QED) is 0.562. The first-order chi connectivity index (χ1) is 10.4. The molecule has 0 aromatic heterocycles. The lowest BCUT2D eigenvalue weighted by molar-refractivity contribution is 1.29. The molecule has 2 aromatic carbocycles. The maximum absolute atomic E-state index is 2.27. The summed E-state index contributed by atoms with van der Waals surface area (Å²) in [5.74, 6) is 0. The molecule has 0 saturated heterocycles. The highest BCUT2D eigenvalue weighted by Gasteiger charge is 1.96. The largest absolute Gasteiger partial charge is 0.0844 e. The Labute approximate surface area is 128 Å². The van der Waals surface area contributed by atoms with Gasteiger partial charge in [-0.25, -0.2) is 0 Å². The number of aryl methyl sites for hydroxylation is 1. The summed E-state index contributed by atoms with van der Waals surface area (Å²) in [6.07, 6.45) is 13.2. The number of benzene rings is 2. The van der Waals surface area contributed by atoms with Crippen LogP contribution in [0.5, 0.6) is 0 Å². The van der Waals surface area contributed by atoms with Gasteiger partial charge in [0.05, 0.1) is 0 Å². The second-order valence-corrected chi connectivity index (χ2v) is 5.03. The minimum Gasteiger partial charge on any atom is -0.0844 e. The van der Waals surface area contributed by atoms with E-state index in [9.17, 15) is 0 Å². The van der Waals surface area contributed by atoms with Gasteiger partial charge < -0.3 is 0 Å². The standard InChI is InChI=1S/C14H14.C7H8/c1-2-5-9-13(10-6-3-1)14-11-7-4-8-12-14;1-7-5-3-2-4-6-7/h1-2,4,6-12H,3,5H2;2-6H,1H3/b2-1-,10-6-,13-9+;. The summed E-state index contributed by atoms with van der Waals surface area (Å²) in [5.41, 5.74) is 3.96. The molecule has 0 aliphatic heterocycles. The number of hydrogen-bond donors (Lipinski definition) is 0. The summed E-state index contributed by atoms with van der Waals surface area (Å²) in [7, 11) is 0. The minimum atomic E-state index is 1.04. The highest BCUT2D eigenvalue weighted by molar-refractivity contribution is 5.74. The van der Waals surface area contributed by atoms with E-state index in [-0.39, 0.29) is 0 Å². The van der Waals surface area contributed by atoms with E-state index in [4.69, 9.17) is 0 Å². The highest BCUT2D eigenvalue weighted by Crippen LogP contribution is 2.18. The lowest BCUT2D eigenvalue weighted by atomic mass is 10.0. The van der Waals surface area contributed by atoms with E-state index in [2.05, 4.69) is 79.8 Å². The fourth-order valence-electron chi connectivity index (χ4n) is 2.11. The fraction of sp³-hybridized carbons (Fsp3) is 0.143. The Balaban J connectivity index is 0.000000194. The summed E-state index contributed by atoms with van der Waals surface area (Å²) in [5, 5.41) is 0. The van der Waals surface area contributed by atoms with Crippen LogP contribution in [0.4, 0.5) is 0 Å². The molecule has 0 amide bonds. The maximum atomic E-state index is 2.27. The average Bonchev–Trinajstić information content (AvgIpc) is 2.49. The normalized spacial score (nSPS) is 19.0. The third-order valence-corrected chi connectivity index (χ3v) is 3.26. The summed E-state index contributed by atoms with van der Waals surface area (Å²) in [6.45, 7) is 2.08. The van der Waals surface area contributed by atoms with Crippen molar-refractivity contribution in [3.63, 3.8) is 0 Å². The Morgan fingerprint density at radius 2 is 1.29 bits per heavy atom. The SMILES string of the molecule is C1=C\C/C=C(c2ccccc2)\C=C/C/1.Cc1ccccc1. The number of rotatable bonds is 1. The third kappa shape index (κ3) is 5.66. The second-order valence-electron chi connectivity index (χ2n) is 5.03. The van der Waals surface area contributed by atoms with Crippen molar-refractivity contribution in [2.24, 2.45) is 0 Å². The maximum Gasteiger partial charge on any atom is -0.0160 e. The van der Waals surface area contributed by atoms with Gasteiger partial charge >= 0.3 is 0 Å². The first kappa shape index (κ1) is 15.1. The highest BCUT2D eigenvalue weighted by atomic mass is 14.0. The van der Waals surface area contributed by atoms with Crippen molar-refractivity contribution in [2.45, 2.75) is 19.8 Å². The molecule has 0 saturated carbocycles. The van der Waals surface area contributed by atoms with Gasteiger partial charge in [-0.05, 0) is 30.9 Å². The molecule has 2 aromatic rings. The smallest absolute Gasteiger partial charge is 0.0160 e. The van der Waals surface area contributed by atoms with Crippen LogP contribution in [0.25, 0.3) is 5.57 Å². The molecule has 0 heterocycles. The Kier molecular flexibility index (Phi) is 6.28. The van der Waals surface area contributed by atoms with E-state index in [1.165, 1.54) is 16.7 Å². The van der Waals surface area contributed by atoms with Gasteiger partial charge in [0.15, 0.2) is 0 Å². The third-order valence-electron chi connectivity index (χ3n) is 3.26. The van der Waals surface area contributed by atoms with Gasteiger partial charge in [-0.3, -0.25) is 0 Å². The molecule has 1 aliphatic rings. The first-order valence-electron chi connectivity index (χ1n) is 7.45. The molecule has 0 heteroatoms. The van der Waals surface area contributed by atoms with Crippen LogP contribution in [0, 0.1) is 6.92 Å². The lowest BCUT2D eigenvalue weighted by Gasteiger charge is -2.03. The minimum absolute atomic E-state index is 1.04. The number of allylic oxidation sites excluding steroid dienone is 6. The predicted molar refractivity (Wildman–Crippen MR) is 93.1 cm³/mol. The van der Waals surface area contributed by atoms with Crippen LogP contribution in [-0.4, -0.2) is 0 Å². The summed E-state index contributed by atoms with van der Waals surface area (Å²) in [6, 6.07) is 20.8. The van der Waals surface area contributed by atoms with Gasteiger partial charge in [-0.15, -0.1) is 0 Å². The molecular weight excluding hydrogens is 252 g/mol. The zero-order valence-electron chi connectivity index (χ0n) is 12.6. The Hall–Kier alpha value is -2.34. The number of hydrogen-bond acceptors (Lipinski definition) is 0. The molecule has 0 fully saturated rings. The molecule has 0 bridgehead atoms. The van der Waals surface area contributed by atoms with Crippen LogP contribution >= 0.6 is 0 Å². The van der Waals surface area contributed by atoms with Crippen molar-refractivity contribution in [3.05, 3.63) is 102 Å². The molecular formula is C21H22. The van der Waals surface area contributed by atoms with Crippen molar-refractivity contribution in [3.8, 4) is 0 Å². The predicted octanol–water partition coefficient (Wildman–Crippen LogP) is 5.97. The molecule has 0 nitrogen and oxygen atoms in total. The topological polar surface area (TPSA) is 0 Å². The van der Waals surface area contributed by atoms with E-state index < -0.39 is 0 Å². The first-order valence-corrected chi connectivity index (χ1v) is 7.45. The fourth-order valence-corrected chi connectivity index (χ4v) is 2.11. The van der Waals surface area contributed by atoms with E-state index in [0.717, 1.165) is 12.8 Å². The Morgan fingerprint density at radius 3 is 1.90 bits per heavy atom. The van der Waals surface area contributed by atoms with Crippen molar-refractivity contribution in [2.75, 3.05) is 0 Å². The molecule has 0 N–H and O–H groups in total. The van der Waals surface area contributed by atoms with Crippen LogP contribution in [0.15, 0.2) is 91.0 Å². The van der Waals surface area contributed by atoms with E-state index >= 15 is 0 Å². The van der Waals surface area contributed by atoms with Crippen LogP contribution in [-0.2, 0) is 0 Å². The second kappa shape index (κ2) is 8.76. The summed E-state index contributed by atoms with van der Waals surface area (Å²) < 4.78 is 0. The summed E-state index contributed by atoms with van der Waals surface area (Å²) >= 11 is 0. The molecule has 3 rings (SSSR count). The summed E-state index contributed by atoms with van der Waals surface area (Å²) in [4.78, 5) is 0. The molecule has 0 atom stereocenters. The zero-order valence-corrected chi connectivity index (χ0v) is 12.6. The monoisotopic (exact) mass is 274 g/mol. The van der Waals surface area contributed by atoms with Gasteiger partial charge in [0.25, 0.3) is 0 Å². The van der Waals surface area contributed by atoms with Crippen LogP contribution < -0.4 is 0 Å². The van der Waals surface area contributed by atoms with Gasteiger partial charge in [-0.2, -0.15) is 0 Å². The van der Waals surface area contributed by atoms with Gasteiger partial charge in [0, 0.05) is 0 Å². The van der Waals surface area contributed by atoms with Crippen molar-refractivity contribution in [1.29, 1.82) is 0 Å². The molecule has 21 heavy (non-hydrogen) atoms. The molecule has 0 radical (unpaired) electrons. The van der Waals surface area contributed by atoms with E-state index in [0.29, 0.717) is 0 Å². The molecule has 106 valence electrons. The van der Waals surface area contributed by atoms with Crippen LogP contribution in [0.1, 0.15) is 24.0 Å². The molecule has 0 spiro atoms. The Bertz CT molecular complexity index is 601. The van der Waals surface area contributed by atoms with Crippen LogP contribution in [0.3, 0.4) is 0 Å². The van der Waals surface area contributed by atoms with Crippen molar-refractivity contribution >= 4 is 5.57 Å². The van der Waals surface area contributed by atoms with E-state index in [1.54, 1.807) is 0 Å². The zero-order chi connectivity index (χ0) is 14.8. The van der Waals surface area contributed by atoms with Gasteiger partial charge in [0.1, 0.15) is 0 Å². The van der Waals surface area contributed by atoms with E-state index in [1.807, 2.05) is 18.2 Å². The van der Waals surface area contributed by atoms with Gasteiger partial charge in [0.2, 0.25) is 0 Å². The average molecular weight is 274 g/mol.